The van der Waals surface area contributed by atoms with E-state index in [4.69, 9.17) is 23.2 Å². The summed E-state index contributed by atoms with van der Waals surface area (Å²) in [5.41, 5.74) is 3.34. The molecule has 1 saturated carbocycles. The SMILES string of the molecule is C=CCc1ccccc1N(c1c(Cl)cccc1Cl)C1CC1. The summed E-state index contributed by atoms with van der Waals surface area (Å²) < 4.78 is 0. The Balaban J connectivity index is 2.13. The third-order valence-corrected chi connectivity index (χ3v) is 4.32. The Hall–Kier alpha value is -1.44. The van der Waals surface area contributed by atoms with Crippen molar-refractivity contribution in [1.29, 1.82) is 0 Å². The van der Waals surface area contributed by atoms with Crippen molar-refractivity contribution in [1.82, 2.24) is 0 Å². The van der Waals surface area contributed by atoms with Gasteiger partial charge in [0.1, 0.15) is 0 Å². The molecule has 0 radical (unpaired) electrons. The summed E-state index contributed by atoms with van der Waals surface area (Å²) in [6, 6.07) is 14.5. The van der Waals surface area contributed by atoms with Crippen molar-refractivity contribution in [3.8, 4) is 0 Å². The molecule has 0 saturated heterocycles. The van der Waals surface area contributed by atoms with Crippen LogP contribution in [0.1, 0.15) is 18.4 Å². The van der Waals surface area contributed by atoms with Crippen molar-refractivity contribution in [3.05, 3.63) is 70.7 Å². The molecule has 2 aromatic rings. The van der Waals surface area contributed by atoms with Gasteiger partial charge in [-0.3, -0.25) is 0 Å². The zero-order valence-corrected chi connectivity index (χ0v) is 13.2. The van der Waals surface area contributed by atoms with E-state index in [2.05, 4.69) is 35.7 Å². The second kappa shape index (κ2) is 6.13. The van der Waals surface area contributed by atoms with Crippen LogP contribution in [-0.2, 0) is 6.42 Å². The Morgan fingerprint density at radius 1 is 1.05 bits per heavy atom. The van der Waals surface area contributed by atoms with Crippen molar-refractivity contribution in [2.24, 2.45) is 0 Å². The van der Waals surface area contributed by atoms with Crippen molar-refractivity contribution < 1.29 is 0 Å². The van der Waals surface area contributed by atoms with Gasteiger partial charge in [0.05, 0.1) is 15.7 Å². The molecular formula is C18H17Cl2N. The van der Waals surface area contributed by atoms with Gasteiger partial charge in [0.25, 0.3) is 0 Å². The first kappa shape index (κ1) is 14.5. The van der Waals surface area contributed by atoms with Crippen LogP contribution in [0, 0.1) is 0 Å². The lowest BCUT2D eigenvalue weighted by atomic mass is 10.1. The van der Waals surface area contributed by atoms with Crippen LogP contribution in [0.4, 0.5) is 11.4 Å². The van der Waals surface area contributed by atoms with Crippen LogP contribution in [0.25, 0.3) is 0 Å². The van der Waals surface area contributed by atoms with Crippen molar-refractivity contribution in [2.45, 2.75) is 25.3 Å². The van der Waals surface area contributed by atoms with Gasteiger partial charge < -0.3 is 4.90 Å². The minimum atomic E-state index is 0.480. The molecule has 0 spiro atoms. The summed E-state index contributed by atoms with van der Waals surface area (Å²) in [6.07, 6.45) is 5.10. The number of hydrogen-bond acceptors (Lipinski definition) is 1. The molecule has 1 fully saturated rings. The molecular weight excluding hydrogens is 301 g/mol. The predicted octanol–water partition coefficient (Wildman–Crippen LogP) is 6.02. The van der Waals surface area contributed by atoms with Crippen LogP contribution in [0.5, 0.6) is 0 Å². The third kappa shape index (κ3) is 2.95. The van der Waals surface area contributed by atoms with Crippen LogP contribution in [0.2, 0.25) is 10.0 Å². The van der Waals surface area contributed by atoms with Crippen molar-refractivity contribution in [2.75, 3.05) is 4.90 Å². The lowest BCUT2D eigenvalue weighted by Gasteiger charge is -2.29. The van der Waals surface area contributed by atoms with Crippen molar-refractivity contribution in [3.63, 3.8) is 0 Å². The number of benzene rings is 2. The van der Waals surface area contributed by atoms with E-state index in [1.165, 1.54) is 24.1 Å². The number of halogens is 2. The molecule has 0 aromatic heterocycles. The highest BCUT2D eigenvalue weighted by molar-refractivity contribution is 6.39. The monoisotopic (exact) mass is 317 g/mol. The lowest BCUT2D eigenvalue weighted by Crippen LogP contribution is -2.21. The second-order valence-corrected chi connectivity index (χ2v) is 6.11. The smallest absolute Gasteiger partial charge is 0.0792 e. The lowest BCUT2D eigenvalue weighted by molar-refractivity contribution is 0.959. The van der Waals surface area contributed by atoms with Crippen LogP contribution < -0.4 is 4.90 Å². The summed E-state index contributed by atoms with van der Waals surface area (Å²) in [5, 5.41) is 1.39. The normalized spacial score (nSPS) is 14.0. The molecule has 108 valence electrons. The average Bonchev–Trinajstić information content (AvgIpc) is 3.29. The van der Waals surface area contributed by atoms with Crippen LogP contribution in [-0.4, -0.2) is 6.04 Å². The van der Waals surface area contributed by atoms with E-state index >= 15 is 0 Å². The van der Waals surface area contributed by atoms with E-state index in [9.17, 15) is 0 Å². The van der Waals surface area contributed by atoms with E-state index < -0.39 is 0 Å². The van der Waals surface area contributed by atoms with E-state index in [1.54, 1.807) is 0 Å². The van der Waals surface area contributed by atoms with Gasteiger partial charge in [-0.2, -0.15) is 0 Å². The Morgan fingerprint density at radius 2 is 1.71 bits per heavy atom. The molecule has 0 N–H and O–H groups in total. The highest BCUT2D eigenvalue weighted by Crippen LogP contribution is 2.45. The molecule has 1 aliphatic carbocycles. The van der Waals surface area contributed by atoms with Gasteiger partial charge in [0, 0.05) is 11.7 Å². The van der Waals surface area contributed by atoms with E-state index in [-0.39, 0.29) is 0 Å². The molecule has 2 aromatic carbocycles. The number of rotatable bonds is 5. The molecule has 0 amide bonds. The maximum atomic E-state index is 6.43. The fraction of sp³-hybridized carbons (Fsp3) is 0.222. The number of hydrogen-bond donors (Lipinski definition) is 0. The fourth-order valence-electron chi connectivity index (χ4n) is 2.63. The first-order valence-corrected chi connectivity index (χ1v) is 7.90. The highest BCUT2D eigenvalue weighted by atomic mass is 35.5. The quantitative estimate of drug-likeness (QED) is 0.609. The summed E-state index contributed by atoms with van der Waals surface area (Å²) in [5.74, 6) is 0. The molecule has 21 heavy (non-hydrogen) atoms. The molecule has 3 rings (SSSR count). The summed E-state index contributed by atoms with van der Waals surface area (Å²) >= 11 is 12.9. The molecule has 0 unspecified atom stereocenters. The Labute approximate surface area is 135 Å². The van der Waals surface area contributed by atoms with Gasteiger partial charge in [0.15, 0.2) is 0 Å². The highest BCUT2D eigenvalue weighted by Gasteiger charge is 2.33. The van der Waals surface area contributed by atoms with E-state index in [0.717, 1.165) is 12.1 Å². The first-order chi connectivity index (χ1) is 10.2. The van der Waals surface area contributed by atoms with Gasteiger partial charge in [-0.05, 0) is 43.0 Å². The van der Waals surface area contributed by atoms with Gasteiger partial charge in [-0.25, -0.2) is 0 Å². The largest absolute Gasteiger partial charge is 0.336 e. The number of nitrogens with zero attached hydrogens (tertiary/aromatic N) is 1. The molecule has 0 heterocycles. The standard InChI is InChI=1S/C18H17Cl2N/c1-2-6-13-7-3-4-10-17(13)21(14-11-12-14)18-15(19)8-5-9-16(18)20/h2-5,7-10,14H,1,6,11-12H2. The van der Waals surface area contributed by atoms with E-state index in [0.29, 0.717) is 16.1 Å². The zero-order chi connectivity index (χ0) is 14.8. The number of allylic oxidation sites excluding steroid dienone is 1. The van der Waals surface area contributed by atoms with Gasteiger partial charge in [0.2, 0.25) is 0 Å². The summed E-state index contributed by atoms with van der Waals surface area (Å²) in [7, 11) is 0. The first-order valence-electron chi connectivity index (χ1n) is 7.14. The minimum absolute atomic E-state index is 0.480. The van der Waals surface area contributed by atoms with Crippen molar-refractivity contribution >= 4 is 34.6 Å². The summed E-state index contributed by atoms with van der Waals surface area (Å²) in [6.45, 7) is 3.85. The topological polar surface area (TPSA) is 3.24 Å². The van der Waals surface area contributed by atoms with E-state index in [1.807, 2.05) is 24.3 Å². The number of anilines is 2. The minimum Gasteiger partial charge on any atom is -0.336 e. The van der Waals surface area contributed by atoms with Gasteiger partial charge >= 0.3 is 0 Å². The van der Waals surface area contributed by atoms with Crippen LogP contribution in [0.3, 0.4) is 0 Å². The van der Waals surface area contributed by atoms with Gasteiger partial charge in [-0.1, -0.05) is 53.5 Å². The molecule has 0 atom stereocenters. The maximum Gasteiger partial charge on any atom is 0.0792 e. The molecule has 1 aliphatic rings. The third-order valence-electron chi connectivity index (χ3n) is 3.71. The number of para-hydroxylation sites is 2. The summed E-state index contributed by atoms with van der Waals surface area (Å²) in [4.78, 5) is 2.30. The average molecular weight is 318 g/mol. The Bertz CT molecular complexity index is 642. The Kier molecular flexibility index (Phi) is 4.23. The molecule has 0 aliphatic heterocycles. The second-order valence-electron chi connectivity index (χ2n) is 5.29. The molecule has 3 heteroatoms. The maximum absolute atomic E-state index is 6.43. The van der Waals surface area contributed by atoms with Gasteiger partial charge in [-0.15, -0.1) is 6.58 Å². The Morgan fingerprint density at radius 3 is 2.33 bits per heavy atom. The molecule has 1 nitrogen and oxygen atoms in total. The van der Waals surface area contributed by atoms with Crippen LogP contribution >= 0.6 is 23.2 Å². The fourth-order valence-corrected chi connectivity index (χ4v) is 3.21. The predicted molar refractivity (Wildman–Crippen MR) is 92.0 cm³/mol. The molecule has 0 bridgehead atoms. The zero-order valence-electron chi connectivity index (χ0n) is 11.7. The van der Waals surface area contributed by atoms with Crippen LogP contribution in [0.15, 0.2) is 55.1 Å².